The average Bonchev–Trinajstić information content (AvgIpc) is 2.98. The molecule has 1 aliphatic rings. The molecule has 0 bridgehead atoms. The molecule has 1 heterocycles. The molecule has 2 aromatic carbocycles. The third-order valence-corrected chi connectivity index (χ3v) is 5.15. The molecule has 0 unspecified atom stereocenters. The van der Waals surface area contributed by atoms with Crippen LogP contribution < -0.4 is 15.2 Å². The summed E-state index contributed by atoms with van der Waals surface area (Å²) in [7, 11) is 0. The first-order chi connectivity index (χ1) is 13.8. The van der Waals surface area contributed by atoms with Crippen LogP contribution in [0.5, 0.6) is 11.5 Å². The van der Waals surface area contributed by atoms with Gasteiger partial charge < -0.3 is 15.2 Å². The summed E-state index contributed by atoms with van der Waals surface area (Å²) in [4.78, 5) is 15.9. The Labute approximate surface area is 176 Å². The monoisotopic (exact) mass is 410 g/mol. The molecule has 152 valence electrons. The topological polar surface area (TPSA) is 73.9 Å². The standard InChI is InChI=1S/C23H26N2O3S/c1-23(2,3)17-8-10-18(11-9-17)27-12-5-13-28-19-7-4-6-16(14-19)15-20-21(26)25-22(24)29-20/h4,6-11,14-15H,5,12-13H2,1-3H3,(H2,24,25,26)/b20-15+. The number of carbonyl (C=O) groups is 1. The third kappa shape index (κ3) is 6.12. The van der Waals surface area contributed by atoms with Crippen LogP contribution in [-0.2, 0) is 10.2 Å². The minimum atomic E-state index is -0.300. The molecule has 29 heavy (non-hydrogen) atoms. The molecule has 6 heteroatoms. The number of ether oxygens (including phenoxy) is 2. The number of rotatable bonds is 7. The van der Waals surface area contributed by atoms with E-state index < -0.39 is 0 Å². The van der Waals surface area contributed by atoms with Gasteiger partial charge in [0, 0.05) is 6.42 Å². The highest BCUT2D eigenvalue weighted by atomic mass is 32.2. The Morgan fingerprint density at radius 2 is 1.72 bits per heavy atom. The van der Waals surface area contributed by atoms with Crippen molar-refractivity contribution in [2.24, 2.45) is 10.7 Å². The molecule has 0 aromatic heterocycles. The van der Waals surface area contributed by atoms with Crippen LogP contribution in [0, 0.1) is 0 Å². The molecule has 0 saturated heterocycles. The van der Waals surface area contributed by atoms with Gasteiger partial charge in [0.1, 0.15) is 11.5 Å². The Bertz CT molecular complexity index is 928. The number of carbonyl (C=O) groups excluding carboxylic acids is 1. The van der Waals surface area contributed by atoms with Gasteiger partial charge in [-0.1, -0.05) is 45.0 Å². The van der Waals surface area contributed by atoms with Crippen molar-refractivity contribution in [1.82, 2.24) is 0 Å². The predicted molar refractivity (Wildman–Crippen MR) is 119 cm³/mol. The van der Waals surface area contributed by atoms with Crippen molar-refractivity contribution in [3.8, 4) is 11.5 Å². The summed E-state index contributed by atoms with van der Waals surface area (Å²) in [6.45, 7) is 7.71. The van der Waals surface area contributed by atoms with E-state index in [4.69, 9.17) is 15.2 Å². The summed E-state index contributed by atoms with van der Waals surface area (Å²) >= 11 is 1.18. The van der Waals surface area contributed by atoms with Gasteiger partial charge in [-0.2, -0.15) is 4.99 Å². The minimum absolute atomic E-state index is 0.139. The van der Waals surface area contributed by atoms with Crippen LogP contribution in [0.2, 0.25) is 0 Å². The highest BCUT2D eigenvalue weighted by Gasteiger charge is 2.19. The Kier molecular flexibility index (Phi) is 6.64. The largest absolute Gasteiger partial charge is 0.493 e. The maximum absolute atomic E-state index is 11.7. The third-order valence-electron chi connectivity index (χ3n) is 4.34. The molecular weight excluding hydrogens is 384 g/mol. The Balaban J connectivity index is 1.44. The van der Waals surface area contributed by atoms with Gasteiger partial charge in [0.05, 0.1) is 18.1 Å². The Hall–Kier alpha value is -2.73. The maximum atomic E-state index is 11.7. The second-order valence-corrected chi connectivity index (χ2v) is 8.83. The SMILES string of the molecule is CC(C)(C)c1ccc(OCCCOc2cccc(/C=C3/SC(N)=NC3=O)c2)cc1. The molecule has 1 aliphatic heterocycles. The number of nitrogens with zero attached hydrogens (tertiary/aromatic N) is 1. The van der Waals surface area contributed by atoms with E-state index in [0.29, 0.717) is 18.1 Å². The first-order valence-electron chi connectivity index (χ1n) is 9.55. The predicted octanol–water partition coefficient (Wildman–Crippen LogP) is 4.76. The second kappa shape index (κ2) is 9.18. The van der Waals surface area contributed by atoms with Crippen molar-refractivity contribution < 1.29 is 14.3 Å². The summed E-state index contributed by atoms with van der Waals surface area (Å²) in [5.41, 5.74) is 7.88. The molecule has 0 saturated carbocycles. The molecule has 1 amide bonds. The number of thioether (sulfide) groups is 1. The number of amidine groups is 1. The van der Waals surface area contributed by atoms with Crippen LogP contribution in [-0.4, -0.2) is 24.3 Å². The molecule has 0 aliphatic carbocycles. The second-order valence-electron chi connectivity index (χ2n) is 7.76. The summed E-state index contributed by atoms with van der Waals surface area (Å²) in [5, 5.41) is 0.279. The van der Waals surface area contributed by atoms with Crippen molar-refractivity contribution in [2.45, 2.75) is 32.6 Å². The van der Waals surface area contributed by atoms with E-state index in [1.165, 1.54) is 17.3 Å². The van der Waals surface area contributed by atoms with Crippen molar-refractivity contribution in [3.05, 3.63) is 64.6 Å². The van der Waals surface area contributed by atoms with Gasteiger partial charge in [0.2, 0.25) is 0 Å². The highest BCUT2D eigenvalue weighted by molar-refractivity contribution is 8.18. The lowest BCUT2D eigenvalue weighted by atomic mass is 9.87. The number of hydrogen-bond donors (Lipinski definition) is 1. The lowest BCUT2D eigenvalue weighted by molar-refractivity contribution is -0.113. The average molecular weight is 411 g/mol. The molecule has 2 N–H and O–H groups in total. The lowest BCUT2D eigenvalue weighted by Gasteiger charge is -2.19. The van der Waals surface area contributed by atoms with Crippen LogP contribution in [0.15, 0.2) is 58.4 Å². The van der Waals surface area contributed by atoms with Crippen molar-refractivity contribution in [1.29, 1.82) is 0 Å². The molecule has 0 atom stereocenters. The van der Waals surface area contributed by atoms with E-state index in [2.05, 4.69) is 37.9 Å². The molecule has 0 fully saturated rings. The van der Waals surface area contributed by atoms with Gasteiger partial charge in [-0.15, -0.1) is 0 Å². The summed E-state index contributed by atoms with van der Waals surface area (Å²) < 4.78 is 11.6. The first-order valence-corrected chi connectivity index (χ1v) is 10.4. The number of amides is 1. The molecular formula is C23H26N2O3S. The number of hydrogen-bond acceptors (Lipinski definition) is 5. The van der Waals surface area contributed by atoms with E-state index in [-0.39, 0.29) is 16.5 Å². The number of aliphatic imine (C=N–C) groups is 1. The quantitative estimate of drug-likeness (QED) is 0.526. The zero-order chi connectivity index (χ0) is 20.9. The lowest BCUT2D eigenvalue weighted by Crippen LogP contribution is -2.10. The first kappa shape index (κ1) is 21.0. The van der Waals surface area contributed by atoms with Gasteiger partial charge in [-0.05, 0) is 58.6 Å². The van der Waals surface area contributed by atoms with Crippen molar-refractivity contribution in [3.63, 3.8) is 0 Å². The minimum Gasteiger partial charge on any atom is -0.493 e. The smallest absolute Gasteiger partial charge is 0.286 e. The fraction of sp³-hybridized carbons (Fsp3) is 0.304. The van der Waals surface area contributed by atoms with Crippen molar-refractivity contribution >= 4 is 28.9 Å². The molecule has 2 aromatic rings. The van der Waals surface area contributed by atoms with Gasteiger partial charge >= 0.3 is 0 Å². The highest BCUT2D eigenvalue weighted by Crippen LogP contribution is 2.27. The molecule has 0 spiro atoms. The van der Waals surface area contributed by atoms with E-state index >= 15 is 0 Å². The fourth-order valence-corrected chi connectivity index (χ4v) is 3.44. The van der Waals surface area contributed by atoms with Crippen LogP contribution in [0.1, 0.15) is 38.3 Å². The fourth-order valence-electron chi connectivity index (χ4n) is 2.76. The van der Waals surface area contributed by atoms with Gasteiger partial charge in [0.15, 0.2) is 5.17 Å². The van der Waals surface area contributed by atoms with Crippen molar-refractivity contribution in [2.75, 3.05) is 13.2 Å². The van der Waals surface area contributed by atoms with E-state index in [1.807, 2.05) is 36.4 Å². The molecule has 3 rings (SSSR count). The number of nitrogens with two attached hydrogens (primary N) is 1. The summed E-state index contributed by atoms with van der Waals surface area (Å²) in [6, 6.07) is 15.8. The van der Waals surface area contributed by atoms with Gasteiger partial charge in [-0.25, -0.2) is 0 Å². The Morgan fingerprint density at radius 3 is 2.34 bits per heavy atom. The Morgan fingerprint density at radius 1 is 1.03 bits per heavy atom. The van der Waals surface area contributed by atoms with E-state index in [9.17, 15) is 4.79 Å². The van der Waals surface area contributed by atoms with Crippen LogP contribution in [0.4, 0.5) is 0 Å². The normalized spacial score (nSPS) is 15.5. The van der Waals surface area contributed by atoms with E-state index in [1.54, 1.807) is 6.08 Å². The summed E-state index contributed by atoms with van der Waals surface area (Å²) in [5.74, 6) is 1.32. The van der Waals surface area contributed by atoms with Crippen LogP contribution in [0.3, 0.4) is 0 Å². The molecule has 0 radical (unpaired) electrons. The molecule has 5 nitrogen and oxygen atoms in total. The number of benzene rings is 2. The van der Waals surface area contributed by atoms with Gasteiger partial charge in [-0.3, -0.25) is 4.79 Å². The summed E-state index contributed by atoms with van der Waals surface area (Å²) in [6.07, 6.45) is 2.54. The van der Waals surface area contributed by atoms with Gasteiger partial charge in [0.25, 0.3) is 5.91 Å². The van der Waals surface area contributed by atoms with Crippen LogP contribution in [0.25, 0.3) is 6.08 Å². The van der Waals surface area contributed by atoms with Crippen LogP contribution >= 0.6 is 11.8 Å². The zero-order valence-electron chi connectivity index (χ0n) is 17.0. The zero-order valence-corrected chi connectivity index (χ0v) is 17.8. The maximum Gasteiger partial charge on any atom is 0.286 e. The van der Waals surface area contributed by atoms with E-state index in [0.717, 1.165) is 23.5 Å².